The molecule has 0 saturated carbocycles. The molecule has 0 bridgehead atoms. The van der Waals surface area contributed by atoms with Crippen LogP contribution in [0.15, 0.2) is 65.1 Å². The fraction of sp³-hybridized carbons (Fsp3) is 0.296. The summed E-state index contributed by atoms with van der Waals surface area (Å²) in [6.07, 6.45) is 1.17. The number of allylic oxidation sites excluding steroid dienone is 2. The molecule has 0 spiro atoms. The Hall–Kier alpha value is -4.07. The van der Waals surface area contributed by atoms with Crippen molar-refractivity contribution in [1.29, 1.82) is 0 Å². The van der Waals surface area contributed by atoms with Crippen molar-refractivity contribution in [3.8, 4) is 11.5 Å². The van der Waals surface area contributed by atoms with Gasteiger partial charge in [0.2, 0.25) is 29.0 Å². The molecule has 0 saturated heterocycles. The van der Waals surface area contributed by atoms with Crippen LogP contribution in [0.3, 0.4) is 0 Å². The molecular formula is C27H27NO7. The minimum Gasteiger partial charge on any atom is -0.489 e. The quantitative estimate of drug-likeness (QED) is 0.581. The van der Waals surface area contributed by atoms with Crippen molar-refractivity contribution in [2.45, 2.75) is 26.2 Å². The Morgan fingerprint density at radius 2 is 1.51 bits per heavy atom. The summed E-state index contributed by atoms with van der Waals surface area (Å²) in [5.74, 6) is 0.363. The molecule has 0 atom stereocenters. The summed E-state index contributed by atoms with van der Waals surface area (Å²) in [5.41, 5.74) is 3.26. The zero-order valence-electron chi connectivity index (χ0n) is 19.9. The molecule has 2 aromatic rings. The number of carbonyl (C=O) groups excluding carboxylic acids is 3. The molecule has 8 nitrogen and oxygen atoms in total. The fourth-order valence-corrected chi connectivity index (χ4v) is 4.03. The van der Waals surface area contributed by atoms with E-state index in [1.807, 2.05) is 24.3 Å². The van der Waals surface area contributed by atoms with Gasteiger partial charge in [0.05, 0.1) is 14.2 Å². The van der Waals surface area contributed by atoms with Gasteiger partial charge in [-0.05, 0) is 36.6 Å². The average Bonchev–Trinajstić information content (AvgIpc) is 2.88. The Morgan fingerprint density at radius 3 is 2.20 bits per heavy atom. The van der Waals surface area contributed by atoms with E-state index in [0.717, 1.165) is 11.1 Å². The van der Waals surface area contributed by atoms with Gasteiger partial charge in [0.15, 0.2) is 11.5 Å². The van der Waals surface area contributed by atoms with Gasteiger partial charge in [0, 0.05) is 35.7 Å². The van der Waals surface area contributed by atoms with Crippen LogP contribution in [0.1, 0.15) is 24.5 Å². The van der Waals surface area contributed by atoms with Gasteiger partial charge < -0.3 is 24.3 Å². The zero-order valence-corrected chi connectivity index (χ0v) is 19.9. The monoisotopic (exact) mass is 477 g/mol. The third kappa shape index (κ3) is 5.21. The summed E-state index contributed by atoms with van der Waals surface area (Å²) < 4.78 is 21.3. The summed E-state index contributed by atoms with van der Waals surface area (Å²) in [4.78, 5) is 37.8. The molecule has 4 rings (SSSR count). The lowest BCUT2D eigenvalue weighted by molar-refractivity contribution is -0.121. The molecular weight excluding hydrogens is 450 g/mol. The Balaban J connectivity index is 1.35. The minimum atomic E-state index is -0.348. The normalized spacial score (nSPS) is 15.3. The second kappa shape index (κ2) is 10.5. The number of fused-ring (bicyclic) bond motifs is 1. The molecule has 2 aromatic carbocycles. The van der Waals surface area contributed by atoms with E-state index in [9.17, 15) is 14.4 Å². The minimum absolute atomic E-state index is 0.0661. The molecule has 2 aliphatic rings. The molecule has 1 aliphatic heterocycles. The van der Waals surface area contributed by atoms with Crippen LogP contribution < -0.4 is 14.8 Å². The standard InChI is InChI=1S/C27H27NO7/c1-16-20(25(31)27(33-3)26(32-2)24(16)30)14-18-6-4-17(5-7-18)8-11-23(29)28-19-9-10-21-22(15-19)35-13-12-34-21/h4-7,9-10,15H,8,11-14H2,1-3H3,(H,28,29). The first-order valence-corrected chi connectivity index (χ1v) is 11.3. The van der Waals surface area contributed by atoms with E-state index >= 15 is 0 Å². The number of benzene rings is 2. The number of hydrogen-bond donors (Lipinski definition) is 1. The number of anilines is 1. The number of hydrogen-bond acceptors (Lipinski definition) is 7. The average molecular weight is 478 g/mol. The van der Waals surface area contributed by atoms with E-state index in [2.05, 4.69) is 5.32 Å². The molecule has 0 unspecified atom stereocenters. The summed E-state index contributed by atoms with van der Waals surface area (Å²) in [6.45, 7) is 2.62. The highest BCUT2D eigenvalue weighted by Crippen LogP contribution is 2.32. The Morgan fingerprint density at radius 1 is 0.886 bits per heavy atom. The predicted octanol–water partition coefficient (Wildman–Crippen LogP) is 3.54. The molecule has 35 heavy (non-hydrogen) atoms. The van der Waals surface area contributed by atoms with Gasteiger partial charge >= 0.3 is 0 Å². The molecule has 1 amide bonds. The van der Waals surface area contributed by atoms with Crippen LogP contribution in [-0.2, 0) is 36.7 Å². The number of nitrogens with one attached hydrogen (secondary N) is 1. The van der Waals surface area contributed by atoms with Crippen LogP contribution in [0.4, 0.5) is 5.69 Å². The summed E-state index contributed by atoms with van der Waals surface area (Å²) in [7, 11) is 2.68. The Labute approximate surface area is 203 Å². The lowest BCUT2D eigenvalue weighted by Crippen LogP contribution is -2.26. The number of methoxy groups -OCH3 is 2. The first-order valence-electron chi connectivity index (χ1n) is 11.3. The molecule has 8 heteroatoms. The number of ketones is 2. The maximum atomic E-state index is 12.8. The lowest BCUT2D eigenvalue weighted by Gasteiger charge is -2.20. The number of ether oxygens (including phenoxy) is 4. The number of Topliss-reactive ketones (excluding diaryl/α,β-unsaturated/α-hetero) is 2. The van der Waals surface area contributed by atoms with Crippen molar-refractivity contribution >= 4 is 23.2 Å². The molecule has 1 N–H and O–H groups in total. The smallest absolute Gasteiger partial charge is 0.228 e. The third-order valence-corrected chi connectivity index (χ3v) is 5.96. The Kier molecular flexibility index (Phi) is 7.19. The molecule has 0 fully saturated rings. The van der Waals surface area contributed by atoms with E-state index in [1.54, 1.807) is 25.1 Å². The van der Waals surface area contributed by atoms with Crippen molar-refractivity contribution in [2.24, 2.45) is 0 Å². The van der Waals surface area contributed by atoms with E-state index in [4.69, 9.17) is 18.9 Å². The van der Waals surface area contributed by atoms with Gasteiger partial charge in [-0.15, -0.1) is 0 Å². The summed E-state index contributed by atoms with van der Waals surface area (Å²) >= 11 is 0. The highest BCUT2D eigenvalue weighted by atomic mass is 16.6. The SMILES string of the molecule is COC1=C(OC)C(=O)C(Cc2ccc(CCC(=O)Nc3ccc4c(c3)OCCO4)cc2)=C(C)C1=O. The summed E-state index contributed by atoms with van der Waals surface area (Å²) in [6, 6.07) is 13.0. The van der Waals surface area contributed by atoms with Crippen LogP contribution in [-0.4, -0.2) is 44.9 Å². The third-order valence-electron chi connectivity index (χ3n) is 5.96. The van der Waals surface area contributed by atoms with Crippen LogP contribution >= 0.6 is 0 Å². The zero-order chi connectivity index (χ0) is 24.9. The van der Waals surface area contributed by atoms with Gasteiger partial charge in [-0.25, -0.2) is 0 Å². The van der Waals surface area contributed by atoms with Crippen LogP contribution in [0, 0.1) is 0 Å². The predicted molar refractivity (Wildman–Crippen MR) is 128 cm³/mol. The topological polar surface area (TPSA) is 100 Å². The van der Waals surface area contributed by atoms with E-state index in [-0.39, 0.29) is 29.0 Å². The molecule has 1 heterocycles. The maximum absolute atomic E-state index is 12.8. The van der Waals surface area contributed by atoms with Crippen molar-refractivity contribution < 1.29 is 33.3 Å². The number of aryl methyl sites for hydroxylation is 1. The van der Waals surface area contributed by atoms with E-state index in [0.29, 0.717) is 60.8 Å². The second-order valence-electron chi connectivity index (χ2n) is 8.23. The highest BCUT2D eigenvalue weighted by Gasteiger charge is 2.34. The first-order chi connectivity index (χ1) is 16.9. The largest absolute Gasteiger partial charge is 0.489 e. The molecule has 182 valence electrons. The van der Waals surface area contributed by atoms with Crippen LogP contribution in [0.25, 0.3) is 0 Å². The van der Waals surface area contributed by atoms with Gasteiger partial charge in [-0.1, -0.05) is 24.3 Å². The van der Waals surface area contributed by atoms with E-state index in [1.165, 1.54) is 14.2 Å². The van der Waals surface area contributed by atoms with Gasteiger partial charge in [-0.2, -0.15) is 0 Å². The van der Waals surface area contributed by atoms with E-state index < -0.39 is 0 Å². The highest BCUT2D eigenvalue weighted by molar-refractivity contribution is 6.23. The van der Waals surface area contributed by atoms with Crippen molar-refractivity contribution in [1.82, 2.24) is 0 Å². The van der Waals surface area contributed by atoms with Crippen LogP contribution in [0.5, 0.6) is 11.5 Å². The number of carbonyl (C=O) groups is 3. The fourth-order valence-electron chi connectivity index (χ4n) is 4.03. The summed E-state index contributed by atoms with van der Waals surface area (Å²) in [5, 5.41) is 2.88. The van der Waals surface area contributed by atoms with Crippen molar-refractivity contribution in [2.75, 3.05) is 32.8 Å². The maximum Gasteiger partial charge on any atom is 0.228 e. The number of amides is 1. The molecule has 0 aromatic heterocycles. The van der Waals surface area contributed by atoms with Gasteiger partial charge in [0.1, 0.15) is 13.2 Å². The Bertz CT molecular complexity index is 1220. The second-order valence-corrected chi connectivity index (χ2v) is 8.23. The van der Waals surface area contributed by atoms with Crippen molar-refractivity contribution in [3.63, 3.8) is 0 Å². The van der Waals surface area contributed by atoms with Crippen LogP contribution in [0.2, 0.25) is 0 Å². The lowest BCUT2D eigenvalue weighted by atomic mass is 9.88. The van der Waals surface area contributed by atoms with Crippen molar-refractivity contribution in [3.05, 3.63) is 76.3 Å². The van der Waals surface area contributed by atoms with Gasteiger partial charge in [-0.3, -0.25) is 14.4 Å². The van der Waals surface area contributed by atoms with Gasteiger partial charge in [0.25, 0.3) is 0 Å². The molecule has 0 radical (unpaired) electrons. The number of rotatable bonds is 8. The molecule has 1 aliphatic carbocycles. The first kappa shape index (κ1) is 24.1.